The lowest BCUT2D eigenvalue weighted by Crippen LogP contribution is -2.65. The summed E-state index contributed by atoms with van der Waals surface area (Å²) in [5.41, 5.74) is -0.125. The maximum atomic E-state index is 13.9. The van der Waals surface area contributed by atoms with E-state index in [-0.39, 0.29) is 24.3 Å². The molecule has 1 fully saturated rings. The highest BCUT2D eigenvalue weighted by Crippen LogP contribution is 2.47. The summed E-state index contributed by atoms with van der Waals surface area (Å²) in [5, 5.41) is 32.3. The smallest absolute Gasteiger partial charge is 0.329 e. The van der Waals surface area contributed by atoms with E-state index in [1.807, 2.05) is 24.3 Å². The van der Waals surface area contributed by atoms with Gasteiger partial charge in [-0.3, -0.25) is 9.69 Å². The molecular formula is C29H35N3O8S. The number of thiophene rings is 1. The first kappa shape index (κ1) is 29.1. The molecule has 1 aromatic carbocycles. The lowest BCUT2D eigenvalue weighted by Gasteiger charge is -2.47. The van der Waals surface area contributed by atoms with Gasteiger partial charge < -0.3 is 34.1 Å². The van der Waals surface area contributed by atoms with Gasteiger partial charge in [-0.2, -0.15) is 0 Å². The number of rotatable bonds is 9. The molecule has 1 aliphatic carbocycles. The number of oxazole rings is 1. The topological polar surface area (TPSA) is 146 Å². The quantitative estimate of drug-likeness (QED) is 0.334. The molecule has 0 saturated heterocycles. The molecule has 3 heterocycles. The van der Waals surface area contributed by atoms with Crippen LogP contribution in [0.2, 0.25) is 0 Å². The number of carbonyl (C=O) groups is 2. The minimum absolute atomic E-state index is 0.0814. The Labute approximate surface area is 241 Å². The molecule has 1 aliphatic heterocycles. The highest BCUT2D eigenvalue weighted by molar-refractivity contribution is 7.20. The first-order valence-electron chi connectivity index (χ1n) is 13.6. The van der Waals surface area contributed by atoms with Crippen LogP contribution in [0, 0.1) is 6.92 Å². The van der Waals surface area contributed by atoms with Gasteiger partial charge in [0.25, 0.3) is 5.91 Å². The van der Waals surface area contributed by atoms with E-state index in [1.54, 1.807) is 18.9 Å². The molecule has 1 amide bonds. The molecule has 41 heavy (non-hydrogen) atoms. The number of aliphatic hydroxyl groups excluding tert-OH is 2. The number of methoxy groups -OCH3 is 1. The zero-order chi connectivity index (χ0) is 29.5. The Hall–Kier alpha value is -3.45. The van der Waals surface area contributed by atoms with Gasteiger partial charge in [-0.15, -0.1) is 11.3 Å². The summed E-state index contributed by atoms with van der Waals surface area (Å²) in [5.74, 6) is -0.931. The van der Waals surface area contributed by atoms with E-state index in [0.29, 0.717) is 52.8 Å². The van der Waals surface area contributed by atoms with Gasteiger partial charge >= 0.3 is 5.97 Å². The van der Waals surface area contributed by atoms with Crippen LogP contribution in [0.25, 0.3) is 10.8 Å². The number of aliphatic hydroxyl groups is 2. The lowest BCUT2D eigenvalue weighted by molar-refractivity contribution is -0.154. The van der Waals surface area contributed by atoms with Crippen molar-refractivity contribution in [1.82, 2.24) is 9.88 Å². The number of fused-ring (bicyclic) bond motifs is 1. The molecule has 1 saturated carbocycles. The van der Waals surface area contributed by atoms with Crippen LogP contribution in [0.15, 0.2) is 41.1 Å². The molecule has 2 atom stereocenters. The van der Waals surface area contributed by atoms with Crippen LogP contribution in [-0.2, 0) is 9.53 Å². The molecule has 2 aliphatic rings. The van der Waals surface area contributed by atoms with Crippen molar-refractivity contribution in [2.75, 3.05) is 18.6 Å². The average Bonchev–Trinajstić information content (AvgIpc) is 3.59. The van der Waals surface area contributed by atoms with E-state index in [2.05, 4.69) is 4.98 Å². The lowest BCUT2D eigenvalue weighted by atomic mass is 9.94. The van der Waals surface area contributed by atoms with E-state index in [0.717, 1.165) is 10.5 Å². The number of carboxylic acid groups (broad SMARTS) is 1. The van der Waals surface area contributed by atoms with Crippen molar-refractivity contribution in [2.24, 2.45) is 0 Å². The second kappa shape index (κ2) is 11.4. The Bertz CT molecular complexity index is 1400. The van der Waals surface area contributed by atoms with Gasteiger partial charge in [0.05, 0.1) is 42.5 Å². The second-order valence-electron chi connectivity index (χ2n) is 10.9. The molecule has 1 unspecified atom stereocenters. The molecule has 0 radical (unpaired) electrons. The Morgan fingerprint density at radius 3 is 2.56 bits per heavy atom. The Morgan fingerprint density at radius 1 is 1.22 bits per heavy atom. The van der Waals surface area contributed by atoms with Gasteiger partial charge in [0.2, 0.25) is 12.2 Å². The minimum atomic E-state index is -1.73. The normalized spacial score (nSPS) is 22.0. The highest BCUT2D eigenvalue weighted by Gasteiger charge is 2.50. The largest absolute Gasteiger partial charge is 0.496 e. The number of ether oxygens (including phenoxy) is 2. The minimum Gasteiger partial charge on any atom is -0.496 e. The second-order valence-corrected chi connectivity index (χ2v) is 11.9. The van der Waals surface area contributed by atoms with Crippen LogP contribution in [0.4, 0.5) is 5.00 Å². The number of nitrogens with zero attached hydrogens (tertiary/aromatic N) is 3. The van der Waals surface area contributed by atoms with Crippen molar-refractivity contribution >= 4 is 28.2 Å². The third kappa shape index (κ3) is 5.32. The summed E-state index contributed by atoms with van der Waals surface area (Å²) < 4.78 is 17.8. The van der Waals surface area contributed by atoms with Crippen LogP contribution in [-0.4, -0.2) is 74.8 Å². The highest BCUT2D eigenvalue weighted by atomic mass is 32.1. The zero-order valence-electron chi connectivity index (χ0n) is 23.4. The first-order valence-corrected chi connectivity index (χ1v) is 14.4. The van der Waals surface area contributed by atoms with Crippen LogP contribution in [0.3, 0.4) is 0 Å². The molecule has 12 heteroatoms. The predicted molar refractivity (Wildman–Crippen MR) is 151 cm³/mol. The Kier molecular flexibility index (Phi) is 8.11. The summed E-state index contributed by atoms with van der Waals surface area (Å²) in [4.78, 5) is 33.7. The third-order valence-electron chi connectivity index (χ3n) is 7.93. The predicted octanol–water partition coefficient (Wildman–Crippen LogP) is 4.18. The van der Waals surface area contributed by atoms with Crippen LogP contribution in [0.5, 0.6) is 5.75 Å². The van der Waals surface area contributed by atoms with Gasteiger partial charge in [0, 0.05) is 5.56 Å². The SMILES string of the molecule is COc1ccccc1[C@H](CN1c2sc(-c3ncco3)c(C)c2C(=O)N(C(C)(C)C(=O)O)C1O)OC1CCC(O)CC1. The summed E-state index contributed by atoms with van der Waals surface area (Å²) in [7, 11) is 1.57. The van der Waals surface area contributed by atoms with Crippen molar-refractivity contribution in [3.8, 4) is 16.5 Å². The number of aromatic nitrogens is 1. The number of aliphatic carboxylic acids is 1. The summed E-state index contributed by atoms with van der Waals surface area (Å²) >= 11 is 1.24. The van der Waals surface area contributed by atoms with Crippen molar-refractivity contribution in [3.05, 3.63) is 53.4 Å². The van der Waals surface area contributed by atoms with Gasteiger partial charge in [-0.25, -0.2) is 9.78 Å². The summed E-state index contributed by atoms with van der Waals surface area (Å²) in [6.07, 6.45) is 2.81. The summed E-state index contributed by atoms with van der Waals surface area (Å²) in [6.45, 7) is 4.62. The molecule has 2 aromatic heterocycles. The number of benzene rings is 1. The summed E-state index contributed by atoms with van der Waals surface area (Å²) in [6, 6.07) is 7.44. The number of anilines is 1. The van der Waals surface area contributed by atoms with Crippen LogP contribution in [0.1, 0.15) is 67.1 Å². The van der Waals surface area contributed by atoms with Crippen LogP contribution >= 0.6 is 11.3 Å². The number of amides is 1. The van der Waals surface area contributed by atoms with Crippen molar-refractivity contribution in [2.45, 2.75) is 76.7 Å². The number of carboxylic acids is 1. The molecule has 11 nitrogen and oxygen atoms in total. The number of hydrogen-bond donors (Lipinski definition) is 3. The van der Waals surface area contributed by atoms with Crippen molar-refractivity contribution in [1.29, 1.82) is 0 Å². The van der Waals surface area contributed by atoms with Crippen molar-refractivity contribution in [3.63, 3.8) is 0 Å². The monoisotopic (exact) mass is 585 g/mol. The maximum absolute atomic E-state index is 13.9. The van der Waals surface area contributed by atoms with E-state index >= 15 is 0 Å². The number of para-hydroxylation sites is 1. The molecular weight excluding hydrogens is 550 g/mol. The number of hydrogen-bond acceptors (Lipinski definition) is 10. The Balaban J connectivity index is 1.61. The molecule has 0 bridgehead atoms. The fourth-order valence-corrected chi connectivity index (χ4v) is 6.79. The van der Waals surface area contributed by atoms with Gasteiger partial charge in [0.15, 0.2) is 0 Å². The average molecular weight is 586 g/mol. The molecule has 220 valence electrons. The maximum Gasteiger partial charge on any atom is 0.329 e. The van der Waals surface area contributed by atoms with Gasteiger partial charge in [0.1, 0.15) is 28.7 Å². The fourth-order valence-electron chi connectivity index (χ4n) is 5.52. The number of carbonyl (C=O) groups excluding carboxylic acids is 1. The third-order valence-corrected chi connectivity index (χ3v) is 9.25. The van der Waals surface area contributed by atoms with E-state index in [4.69, 9.17) is 13.9 Å². The fraction of sp³-hybridized carbons (Fsp3) is 0.483. The van der Waals surface area contributed by atoms with E-state index in [1.165, 1.54) is 37.6 Å². The standard InChI is InChI=1S/C29H35N3O8S/c1-16-22-25(34)32(29(2,3)27(35)36)28(37)31(26(22)41-23(16)24-30-13-14-39-24)15-21(19-7-5-6-8-20(19)38-4)40-18-11-9-17(33)10-12-18/h5-8,13-14,17-18,21,28,33,37H,9-12,15H2,1-4H3,(H,35,36)/t17?,18?,21-,28?/m0/s1. The molecule has 0 spiro atoms. The Morgan fingerprint density at radius 2 is 1.93 bits per heavy atom. The van der Waals surface area contributed by atoms with Crippen LogP contribution < -0.4 is 9.64 Å². The van der Waals surface area contributed by atoms with Gasteiger partial charge in [-0.05, 0) is 58.1 Å². The molecule has 5 rings (SSSR count). The molecule has 3 N–H and O–H groups in total. The van der Waals surface area contributed by atoms with Crippen molar-refractivity contribution < 1.29 is 38.8 Å². The first-order chi connectivity index (χ1) is 19.5. The van der Waals surface area contributed by atoms with Gasteiger partial charge in [-0.1, -0.05) is 18.2 Å². The van der Waals surface area contributed by atoms with E-state index in [9.17, 15) is 24.9 Å². The van der Waals surface area contributed by atoms with E-state index < -0.39 is 29.9 Å². The molecule has 3 aromatic rings. The zero-order valence-corrected chi connectivity index (χ0v) is 24.3.